The van der Waals surface area contributed by atoms with E-state index in [-0.39, 0.29) is 42.7 Å². The van der Waals surface area contributed by atoms with Crippen LogP contribution in [0.4, 0.5) is 4.39 Å². The Morgan fingerprint density at radius 1 is 0.950 bits per heavy atom. The van der Waals surface area contributed by atoms with Crippen molar-refractivity contribution >= 4 is 22.8 Å². The Labute approximate surface area is 230 Å². The van der Waals surface area contributed by atoms with Gasteiger partial charge in [0.1, 0.15) is 29.4 Å². The van der Waals surface area contributed by atoms with E-state index in [1.54, 1.807) is 54.6 Å². The van der Waals surface area contributed by atoms with E-state index in [2.05, 4.69) is 6.58 Å². The summed E-state index contributed by atoms with van der Waals surface area (Å²) in [5.41, 5.74) is 1.36. The highest BCUT2D eigenvalue weighted by molar-refractivity contribution is 5.97. The van der Waals surface area contributed by atoms with Gasteiger partial charge in [0.15, 0.2) is 5.43 Å². The fraction of sp³-hybridized carbons (Fsp3) is 0.194. The van der Waals surface area contributed by atoms with Crippen LogP contribution in [-0.4, -0.2) is 48.9 Å². The van der Waals surface area contributed by atoms with Gasteiger partial charge in [0.05, 0.1) is 38.0 Å². The van der Waals surface area contributed by atoms with Gasteiger partial charge in [0.25, 0.3) is 5.91 Å². The number of para-hydroxylation sites is 1. The molecule has 4 rings (SSSR count). The molecule has 0 unspecified atom stereocenters. The highest BCUT2D eigenvalue weighted by Gasteiger charge is 2.24. The van der Waals surface area contributed by atoms with Crippen LogP contribution < -0.4 is 14.9 Å². The smallest absolute Gasteiger partial charge is 0.254 e. The fourth-order valence-electron chi connectivity index (χ4n) is 4.23. The van der Waals surface area contributed by atoms with Crippen molar-refractivity contribution in [1.29, 1.82) is 0 Å². The highest BCUT2D eigenvalue weighted by Crippen LogP contribution is 2.24. The summed E-state index contributed by atoms with van der Waals surface area (Å²) in [4.78, 5) is 43.1. The number of carbonyl (C=O) groups excluding carboxylic acids is 2. The van der Waals surface area contributed by atoms with E-state index in [0.717, 1.165) is 0 Å². The van der Waals surface area contributed by atoms with Crippen molar-refractivity contribution in [2.45, 2.75) is 13.1 Å². The number of halogens is 1. The molecule has 0 saturated heterocycles. The van der Waals surface area contributed by atoms with Gasteiger partial charge >= 0.3 is 0 Å². The second-order valence-corrected chi connectivity index (χ2v) is 9.04. The molecular formula is C31H29FN2O6. The number of amides is 2. The van der Waals surface area contributed by atoms with Crippen molar-refractivity contribution in [3.63, 3.8) is 0 Å². The summed E-state index contributed by atoms with van der Waals surface area (Å²) in [7, 11) is 2.95. The van der Waals surface area contributed by atoms with Gasteiger partial charge in [-0.25, -0.2) is 4.39 Å². The van der Waals surface area contributed by atoms with Crippen molar-refractivity contribution in [1.82, 2.24) is 9.80 Å². The summed E-state index contributed by atoms with van der Waals surface area (Å²) in [6, 6.07) is 17.3. The molecule has 0 saturated carbocycles. The lowest BCUT2D eigenvalue weighted by Gasteiger charge is -2.27. The van der Waals surface area contributed by atoms with E-state index in [4.69, 9.17) is 13.9 Å². The van der Waals surface area contributed by atoms with Gasteiger partial charge in [0, 0.05) is 24.7 Å². The molecule has 3 aromatic carbocycles. The summed E-state index contributed by atoms with van der Waals surface area (Å²) in [5, 5.41) is 0.393. The molecule has 0 aliphatic carbocycles. The van der Waals surface area contributed by atoms with Crippen molar-refractivity contribution < 1.29 is 27.9 Å². The van der Waals surface area contributed by atoms with Gasteiger partial charge in [-0.1, -0.05) is 30.3 Å². The summed E-state index contributed by atoms with van der Waals surface area (Å²) in [6.07, 6.45) is 2.86. The van der Waals surface area contributed by atoms with Gasteiger partial charge in [-0.3, -0.25) is 14.4 Å². The first-order chi connectivity index (χ1) is 19.3. The normalized spacial score (nSPS) is 10.7. The van der Waals surface area contributed by atoms with Crippen LogP contribution in [0.25, 0.3) is 11.0 Å². The average Bonchev–Trinajstić information content (AvgIpc) is 2.98. The van der Waals surface area contributed by atoms with Crippen LogP contribution in [0.1, 0.15) is 21.5 Å². The number of rotatable bonds is 11. The third-order valence-electron chi connectivity index (χ3n) is 6.31. The van der Waals surface area contributed by atoms with Crippen LogP contribution in [0.3, 0.4) is 0 Å². The quantitative estimate of drug-likeness (QED) is 0.252. The Bertz CT molecular complexity index is 1560. The van der Waals surface area contributed by atoms with Crippen molar-refractivity contribution in [2.24, 2.45) is 0 Å². The number of hydrogen-bond acceptors (Lipinski definition) is 6. The van der Waals surface area contributed by atoms with Crippen molar-refractivity contribution in [3.05, 3.63) is 118 Å². The molecular weight excluding hydrogens is 515 g/mol. The average molecular weight is 545 g/mol. The zero-order chi connectivity index (χ0) is 28.6. The Morgan fingerprint density at radius 3 is 2.27 bits per heavy atom. The molecule has 0 N–H and O–H groups in total. The van der Waals surface area contributed by atoms with Gasteiger partial charge < -0.3 is 23.7 Å². The molecule has 2 amide bonds. The zero-order valence-electron chi connectivity index (χ0n) is 22.3. The lowest BCUT2D eigenvalue weighted by atomic mass is 10.1. The van der Waals surface area contributed by atoms with E-state index < -0.39 is 17.6 Å². The molecule has 1 heterocycles. The SMILES string of the molecule is C=CCN(CC(=O)N(Cc1ccc(F)cc1)Cc1coc2ccccc2c1=O)C(=O)c1cc(OC)cc(OC)c1. The van der Waals surface area contributed by atoms with Crippen LogP contribution in [0.15, 0.2) is 94.9 Å². The molecule has 1 aromatic heterocycles. The minimum Gasteiger partial charge on any atom is -0.497 e. The second kappa shape index (κ2) is 12.8. The minimum atomic E-state index is -0.433. The molecule has 0 radical (unpaired) electrons. The first kappa shape index (κ1) is 28.1. The maximum atomic E-state index is 13.7. The molecule has 206 valence electrons. The van der Waals surface area contributed by atoms with Crippen molar-refractivity contribution in [2.75, 3.05) is 27.3 Å². The molecule has 0 fully saturated rings. The molecule has 0 aliphatic rings. The molecule has 8 nitrogen and oxygen atoms in total. The lowest BCUT2D eigenvalue weighted by molar-refractivity contribution is -0.133. The molecule has 0 aliphatic heterocycles. The van der Waals surface area contributed by atoms with Gasteiger partial charge in [-0.2, -0.15) is 0 Å². The minimum absolute atomic E-state index is 0.0769. The first-order valence-corrected chi connectivity index (χ1v) is 12.5. The van der Waals surface area contributed by atoms with E-state index in [9.17, 15) is 18.8 Å². The predicted octanol–water partition coefficient (Wildman–Crippen LogP) is 4.81. The molecule has 0 atom stereocenters. The maximum Gasteiger partial charge on any atom is 0.254 e. The van der Waals surface area contributed by atoms with Crippen LogP contribution in [0.2, 0.25) is 0 Å². The molecule has 0 spiro atoms. The van der Waals surface area contributed by atoms with Crippen molar-refractivity contribution in [3.8, 4) is 11.5 Å². The lowest BCUT2D eigenvalue weighted by Crippen LogP contribution is -2.43. The second-order valence-electron chi connectivity index (χ2n) is 9.04. The summed E-state index contributed by atoms with van der Waals surface area (Å²) < 4.78 is 29.7. The molecule has 9 heteroatoms. The number of fused-ring (bicyclic) bond motifs is 1. The summed E-state index contributed by atoms with van der Waals surface area (Å²) in [6.45, 7) is 3.51. The van der Waals surface area contributed by atoms with E-state index >= 15 is 0 Å². The molecule has 0 bridgehead atoms. The Kier molecular flexibility index (Phi) is 8.96. The van der Waals surface area contributed by atoms with E-state index in [1.807, 2.05) is 0 Å². The molecule has 40 heavy (non-hydrogen) atoms. The number of benzene rings is 3. The van der Waals surface area contributed by atoms with E-state index in [0.29, 0.717) is 28.0 Å². The Balaban J connectivity index is 1.64. The topological polar surface area (TPSA) is 89.3 Å². The fourth-order valence-corrected chi connectivity index (χ4v) is 4.23. The van der Waals surface area contributed by atoms with Crippen LogP contribution >= 0.6 is 0 Å². The highest BCUT2D eigenvalue weighted by atomic mass is 19.1. The van der Waals surface area contributed by atoms with E-state index in [1.165, 1.54) is 48.5 Å². The molecule has 4 aromatic rings. The largest absolute Gasteiger partial charge is 0.497 e. The standard InChI is InChI=1S/C31H29FN2O6/c1-4-13-33(31(37)22-14-25(38-2)16-26(15-22)39-3)19-29(35)34(17-21-9-11-24(32)12-10-21)18-23-20-40-28-8-6-5-7-27(28)30(23)36/h4-12,14-16,20H,1,13,17-19H2,2-3H3. The Hall–Kier alpha value is -4.92. The Morgan fingerprint density at radius 2 is 1.62 bits per heavy atom. The van der Waals surface area contributed by atoms with Crippen LogP contribution in [-0.2, 0) is 17.9 Å². The van der Waals surface area contributed by atoms with Gasteiger partial charge in [-0.15, -0.1) is 6.58 Å². The zero-order valence-corrected chi connectivity index (χ0v) is 22.3. The van der Waals surface area contributed by atoms with Gasteiger partial charge in [0.2, 0.25) is 5.91 Å². The predicted molar refractivity (Wildman–Crippen MR) is 149 cm³/mol. The van der Waals surface area contributed by atoms with Crippen LogP contribution in [0.5, 0.6) is 11.5 Å². The number of nitrogens with zero attached hydrogens (tertiary/aromatic N) is 2. The number of methoxy groups -OCH3 is 2. The summed E-state index contributed by atoms with van der Waals surface area (Å²) >= 11 is 0. The monoisotopic (exact) mass is 544 g/mol. The maximum absolute atomic E-state index is 13.7. The number of carbonyl (C=O) groups is 2. The number of ether oxygens (including phenoxy) is 2. The third-order valence-corrected chi connectivity index (χ3v) is 6.31. The summed E-state index contributed by atoms with van der Waals surface area (Å²) in [5.74, 6) is -0.422. The number of hydrogen-bond donors (Lipinski definition) is 0. The van der Waals surface area contributed by atoms with Crippen LogP contribution in [0, 0.1) is 5.82 Å². The third kappa shape index (κ3) is 6.55. The first-order valence-electron chi connectivity index (χ1n) is 12.5. The van der Waals surface area contributed by atoms with Gasteiger partial charge in [-0.05, 0) is 42.0 Å².